The number of aryl methyl sites for hydroxylation is 1. The van der Waals surface area contributed by atoms with Crippen molar-refractivity contribution in [1.29, 1.82) is 0 Å². The van der Waals surface area contributed by atoms with Crippen molar-refractivity contribution in [3.05, 3.63) is 29.3 Å². The number of hydrogen-bond acceptors (Lipinski definition) is 6. The average molecular weight is 327 g/mol. The molecule has 1 amide bonds. The van der Waals surface area contributed by atoms with Crippen LogP contribution in [0.4, 0.5) is 0 Å². The lowest BCUT2D eigenvalue weighted by molar-refractivity contribution is -0.124. The van der Waals surface area contributed by atoms with Gasteiger partial charge in [0.2, 0.25) is 0 Å². The van der Waals surface area contributed by atoms with Crippen LogP contribution in [0.5, 0.6) is 5.75 Å². The van der Waals surface area contributed by atoms with Crippen molar-refractivity contribution in [3.63, 3.8) is 0 Å². The molecule has 0 bridgehead atoms. The fourth-order valence-corrected chi connectivity index (χ4v) is 3.88. The third kappa shape index (κ3) is 3.97. The summed E-state index contributed by atoms with van der Waals surface area (Å²) in [5.74, 6) is -1.60. The van der Waals surface area contributed by atoms with Crippen LogP contribution >= 0.6 is 0 Å². The van der Waals surface area contributed by atoms with Crippen molar-refractivity contribution in [2.45, 2.75) is 19.4 Å². The van der Waals surface area contributed by atoms with E-state index in [1.54, 1.807) is 19.1 Å². The molecule has 2 N–H and O–H groups in total. The summed E-state index contributed by atoms with van der Waals surface area (Å²) < 4.78 is 27.4. The predicted octanol–water partition coefficient (Wildman–Crippen LogP) is 0.161. The van der Waals surface area contributed by atoms with E-state index >= 15 is 0 Å². The van der Waals surface area contributed by atoms with Gasteiger partial charge in [-0.25, -0.2) is 13.2 Å². The Hall–Kier alpha value is -2.09. The summed E-state index contributed by atoms with van der Waals surface area (Å²) in [6.45, 7) is 1.11. The van der Waals surface area contributed by atoms with Crippen molar-refractivity contribution >= 4 is 21.7 Å². The zero-order valence-electron chi connectivity index (χ0n) is 12.0. The Morgan fingerprint density at radius 1 is 1.41 bits per heavy atom. The summed E-state index contributed by atoms with van der Waals surface area (Å²) in [7, 11) is -3.08. The molecule has 1 aromatic carbocycles. The van der Waals surface area contributed by atoms with Gasteiger partial charge in [0, 0.05) is 6.04 Å². The number of aromatic hydroxyl groups is 1. The Kier molecular flexibility index (Phi) is 4.70. The number of rotatable bonds is 4. The van der Waals surface area contributed by atoms with Crippen LogP contribution in [0.2, 0.25) is 0 Å². The molecule has 1 aliphatic rings. The van der Waals surface area contributed by atoms with Gasteiger partial charge >= 0.3 is 5.97 Å². The molecule has 0 aliphatic carbocycles. The highest BCUT2D eigenvalue weighted by Crippen LogP contribution is 2.22. The smallest absolute Gasteiger partial charge is 0.342 e. The zero-order chi connectivity index (χ0) is 16.3. The molecule has 120 valence electrons. The Bertz CT molecular complexity index is 697. The van der Waals surface area contributed by atoms with Crippen LogP contribution in [0.25, 0.3) is 0 Å². The van der Waals surface area contributed by atoms with Gasteiger partial charge in [0.15, 0.2) is 16.4 Å². The van der Waals surface area contributed by atoms with Gasteiger partial charge in [0.25, 0.3) is 5.91 Å². The highest BCUT2D eigenvalue weighted by atomic mass is 32.2. The Morgan fingerprint density at radius 3 is 2.77 bits per heavy atom. The van der Waals surface area contributed by atoms with Gasteiger partial charge in [0.05, 0.1) is 11.5 Å². The van der Waals surface area contributed by atoms with E-state index in [0.717, 1.165) is 0 Å². The van der Waals surface area contributed by atoms with Crippen molar-refractivity contribution in [1.82, 2.24) is 5.32 Å². The number of ether oxygens (including phenoxy) is 1. The van der Waals surface area contributed by atoms with Gasteiger partial charge in [-0.2, -0.15) is 0 Å². The first-order valence-electron chi connectivity index (χ1n) is 6.74. The molecule has 1 aromatic rings. The summed E-state index contributed by atoms with van der Waals surface area (Å²) in [6.07, 6.45) is 0.362. The first-order chi connectivity index (χ1) is 10.3. The molecule has 0 spiro atoms. The number of amides is 1. The highest BCUT2D eigenvalue weighted by molar-refractivity contribution is 7.91. The third-order valence-electron chi connectivity index (χ3n) is 3.39. The Morgan fingerprint density at radius 2 is 2.14 bits per heavy atom. The lowest BCUT2D eigenvalue weighted by atomic mass is 10.1. The van der Waals surface area contributed by atoms with Gasteiger partial charge < -0.3 is 15.2 Å². The van der Waals surface area contributed by atoms with Crippen LogP contribution in [-0.4, -0.2) is 49.6 Å². The van der Waals surface area contributed by atoms with E-state index in [9.17, 15) is 23.1 Å². The van der Waals surface area contributed by atoms with Gasteiger partial charge in [0.1, 0.15) is 11.3 Å². The van der Waals surface area contributed by atoms with Gasteiger partial charge in [-0.3, -0.25) is 4.79 Å². The first kappa shape index (κ1) is 16.3. The molecule has 22 heavy (non-hydrogen) atoms. The number of carbonyl (C=O) groups is 2. The maximum atomic E-state index is 11.8. The molecular formula is C14H17NO6S. The second-order valence-corrected chi connectivity index (χ2v) is 7.44. The Labute approximate surface area is 128 Å². The van der Waals surface area contributed by atoms with Crippen LogP contribution < -0.4 is 5.32 Å². The van der Waals surface area contributed by atoms with Crippen molar-refractivity contribution < 1.29 is 27.9 Å². The molecule has 0 aromatic heterocycles. The second-order valence-electron chi connectivity index (χ2n) is 5.21. The Balaban J connectivity index is 1.86. The van der Waals surface area contributed by atoms with E-state index in [2.05, 4.69) is 5.32 Å². The first-order valence-corrected chi connectivity index (χ1v) is 8.56. The molecule has 8 heteroatoms. The summed E-state index contributed by atoms with van der Waals surface area (Å²) >= 11 is 0. The van der Waals surface area contributed by atoms with E-state index in [-0.39, 0.29) is 22.8 Å². The quantitative estimate of drug-likeness (QED) is 0.762. The fourth-order valence-electron chi connectivity index (χ4n) is 2.21. The third-order valence-corrected chi connectivity index (χ3v) is 5.16. The molecule has 7 nitrogen and oxygen atoms in total. The number of para-hydroxylation sites is 1. The van der Waals surface area contributed by atoms with Crippen LogP contribution in [0.1, 0.15) is 22.3 Å². The molecule has 2 rings (SSSR count). The zero-order valence-corrected chi connectivity index (χ0v) is 12.9. The molecule has 1 saturated heterocycles. The molecule has 1 aliphatic heterocycles. The number of benzene rings is 1. The molecule has 0 radical (unpaired) electrons. The number of nitrogens with one attached hydrogen (secondary N) is 1. The summed E-state index contributed by atoms with van der Waals surface area (Å²) in [6, 6.07) is 4.18. The minimum absolute atomic E-state index is 0.0174. The SMILES string of the molecule is Cc1cccc(C(=O)OCC(=O)N[C@H]2CCS(=O)(=O)C2)c1O. The van der Waals surface area contributed by atoms with Crippen LogP contribution in [0.15, 0.2) is 18.2 Å². The number of phenols is 1. The van der Waals surface area contributed by atoms with E-state index in [1.165, 1.54) is 6.07 Å². The number of esters is 1. The lowest BCUT2D eigenvalue weighted by Crippen LogP contribution is -2.38. The van der Waals surface area contributed by atoms with Crippen molar-refractivity contribution in [2.24, 2.45) is 0 Å². The predicted molar refractivity (Wildman–Crippen MR) is 78.3 cm³/mol. The number of sulfone groups is 1. The number of carbonyl (C=O) groups excluding carboxylic acids is 2. The van der Waals surface area contributed by atoms with Crippen molar-refractivity contribution in [2.75, 3.05) is 18.1 Å². The lowest BCUT2D eigenvalue weighted by Gasteiger charge is -2.11. The van der Waals surface area contributed by atoms with E-state index in [0.29, 0.717) is 12.0 Å². The van der Waals surface area contributed by atoms with Gasteiger partial charge in [-0.05, 0) is 25.0 Å². The van der Waals surface area contributed by atoms with E-state index in [1.807, 2.05) is 0 Å². The minimum Gasteiger partial charge on any atom is -0.507 e. The molecule has 0 unspecified atom stereocenters. The van der Waals surface area contributed by atoms with Crippen LogP contribution in [0.3, 0.4) is 0 Å². The molecule has 1 atom stereocenters. The summed E-state index contributed by atoms with van der Waals surface area (Å²) in [5.41, 5.74) is 0.506. The van der Waals surface area contributed by atoms with Crippen LogP contribution in [-0.2, 0) is 19.4 Å². The van der Waals surface area contributed by atoms with E-state index < -0.39 is 34.4 Å². The second kappa shape index (κ2) is 6.35. The van der Waals surface area contributed by atoms with Gasteiger partial charge in [-0.15, -0.1) is 0 Å². The maximum absolute atomic E-state index is 11.8. The minimum atomic E-state index is -3.08. The average Bonchev–Trinajstić information content (AvgIpc) is 2.78. The largest absolute Gasteiger partial charge is 0.507 e. The molecule has 1 heterocycles. The standard InChI is InChI=1S/C14H17NO6S/c1-9-3-2-4-11(13(9)17)14(18)21-7-12(16)15-10-5-6-22(19,20)8-10/h2-4,10,17H,5-8H2,1H3,(H,15,16)/t10-/m0/s1. The molecular weight excluding hydrogens is 310 g/mol. The van der Waals surface area contributed by atoms with E-state index in [4.69, 9.17) is 4.74 Å². The van der Waals surface area contributed by atoms with Gasteiger partial charge in [-0.1, -0.05) is 12.1 Å². The number of phenolic OH excluding ortho intramolecular Hbond substituents is 1. The highest BCUT2D eigenvalue weighted by Gasteiger charge is 2.29. The van der Waals surface area contributed by atoms with Crippen molar-refractivity contribution in [3.8, 4) is 5.75 Å². The molecule has 0 saturated carbocycles. The maximum Gasteiger partial charge on any atom is 0.342 e. The normalized spacial score (nSPS) is 19.6. The van der Waals surface area contributed by atoms with Crippen LogP contribution in [0, 0.1) is 6.92 Å². The number of hydrogen-bond donors (Lipinski definition) is 2. The fraction of sp³-hybridized carbons (Fsp3) is 0.429. The monoisotopic (exact) mass is 327 g/mol. The molecule has 1 fully saturated rings. The topological polar surface area (TPSA) is 110 Å². The summed E-state index contributed by atoms with van der Waals surface area (Å²) in [4.78, 5) is 23.5. The summed E-state index contributed by atoms with van der Waals surface area (Å²) in [5, 5.41) is 12.3.